The van der Waals surface area contributed by atoms with E-state index in [9.17, 15) is 0 Å². The first kappa shape index (κ1) is 18.1. The van der Waals surface area contributed by atoms with Gasteiger partial charge in [-0.2, -0.15) is 0 Å². The summed E-state index contributed by atoms with van der Waals surface area (Å²) in [6.45, 7) is 9.00. The van der Waals surface area contributed by atoms with Gasteiger partial charge in [-0.15, -0.1) is 0 Å². The standard InChI is InChI=1S/2C7H8.2CO.Mo/c2*1-2-7-4-3-6(1)5-7;2*1-2;/h2*1-4,6-7H,5H2;;;. The first-order valence-electron chi connectivity index (χ1n) is 6.04. The second kappa shape index (κ2) is 9.98. The molecule has 0 aromatic heterocycles. The van der Waals surface area contributed by atoms with Crippen molar-refractivity contribution in [2.45, 2.75) is 12.8 Å². The third kappa shape index (κ3) is 5.33. The van der Waals surface area contributed by atoms with E-state index < -0.39 is 0 Å². The number of rotatable bonds is 0. The Kier molecular flexibility index (Phi) is 9.52. The summed E-state index contributed by atoms with van der Waals surface area (Å²) in [4.78, 5) is 0. The second-order valence-corrected chi connectivity index (χ2v) is 4.67. The van der Waals surface area contributed by atoms with Crippen LogP contribution in [0.2, 0.25) is 0 Å². The molecule has 4 aliphatic carbocycles. The molecule has 98 valence electrons. The summed E-state index contributed by atoms with van der Waals surface area (Å²) in [6.07, 6.45) is 21.1. The predicted molar refractivity (Wildman–Crippen MR) is 67.6 cm³/mol. The molecule has 0 atom stereocenters. The van der Waals surface area contributed by atoms with Gasteiger partial charge in [0.1, 0.15) is 0 Å². The van der Waals surface area contributed by atoms with Gasteiger partial charge >= 0.3 is 22.6 Å². The van der Waals surface area contributed by atoms with Gasteiger partial charge in [-0.25, -0.2) is 0 Å². The van der Waals surface area contributed by atoms with E-state index in [2.05, 4.69) is 61.9 Å². The molecule has 3 heteroatoms. The van der Waals surface area contributed by atoms with Crippen LogP contribution in [0.1, 0.15) is 12.8 Å². The zero-order valence-electron chi connectivity index (χ0n) is 10.6. The Hall–Kier alpha value is -0.872. The summed E-state index contributed by atoms with van der Waals surface area (Å²) in [5.74, 6) is 3.24. The van der Waals surface area contributed by atoms with Crippen LogP contribution >= 0.6 is 0 Å². The van der Waals surface area contributed by atoms with E-state index in [-0.39, 0.29) is 21.1 Å². The van der Waals surface area contributed by atoms with Crippen LogP contribution in [0.4, 0.5) is 0 Å². The third-order valence-electron chi connectivity index (χ3n) is 3.51. The summed E-state index contributed by atoms with van der Waals surface area (Å²) >= 11 is 0. The first-order valence-corrected chi connectivity index (χ1v) is 6.04. The third-order valence-corrected chi connectivity index (χ3v) is 3.51. The summed E-state index contributed by atoms with van der Waals surface area (Å²) in [6, 6.07) is 0. The normalized spacial score (nSPS) is 32.2. The van der Waals surface area contributed by atoms with Gasteiger partial charge in [-0.05, 0) is 36.5 Å². The van der Waals surface area contributed by atoms with Crippen LogP contribution in [-0.4, -0.2) is 0 Å². The number of allylic oxidation sites excluding steroid dienone is 8. The van der Waals surface area contributed by atoms with Gasteiger partial charge in [0.15, 0.2) is 0 Å². The van der Waals surface area contributed by atoms with Crippen molar-refractivity contribution in [2.24, 2.45) is 23.7 Å². The van der Waals surface area contributed by atoms with Crippen molar-refractivity contribution in [3.8, 4) is 0 Å². The molecule has 0 aromatic rings. The molecule has 0 unspecified atom stereocenters. The van der Waals surface area contributed by atoms with E-state index in [1.807, 2.05) is 0 Å². The van der Waals surface area contributed by atoms with Gasteiger partial charge in [0.2, 0.25) is 0 Å². The van der Waals surface area contributed by atoms with E-state index in [0.717, 1.165) is 23.7 Å². The zero-order chi connectivity index (χ0) is 13.4. The average Bonchev–Trinajstić information content (AvgIpc) is 3.25. The molecule has 0 N–H and O–H groups in total. The zero-order valence-corrected chi connectivity index (χ0v) is 12.6. The number of hydrogen-bond acceptors (Lipinski definition) is 0. The Morgan fingerprint density at radius 2 is 0.684 bits per heavy atom. The number of fused-ring (bicyclic) bond motifs is 4. The molecule has 0 aliphatic heterocycles. The summed E-state index contributed by atoms with van der Waals surface area (Å²) in [5, 5.41) is 0. The molecule has 0 saturated heterocycles. The van der Waals surface area contributed by atoms with Crippen molar-refractivity contribution in [2.75, 3.05) is 0 Å². The van der Waals surface area contributed by atoms with Crippen molar-refractivity contribution in [1.29, 1.82) is 0 Å². The minimum Gasteiger partial charge on any atom is 0 e. The maximum atomic E-state index is 7.50. The van der Waals surface area contributed by atoms with Crippen LogP contribution < -0.4 is 0 Å². The number of hydrogen-bond donors (Lipinski definition) is 0. The van der Waals surface area contributed by atoms with Crippen molar-refractivity contribution >= 4 is 0 Å². The molecular formula is C16H16MoO2. The maximum absolute atomic E-state index is 7.50. The molecule has 0 amide bonds. The van der Waals surface area contributed by atoms with Crippen LogP contribution in [0.5, 0.6) is 0 Å². The molecule has 4 aliphatic rings. The van der Waals surface area contributed by atoms with Crippen LogP contribution in [0.3, 0.4) is 0 Å². The second-order valence-electron chi connectivity index (χ2n) is 4.67. The summed E-state index contributed by atoms with van der Waals surface area (Å²) in [5.41, 5.74) is 0. The van der Waals surface area contributed by atoms with Crippen molar-refractivity contribution in [3.63, 3.8) is 0 Å². The molecule has 4 bridgehead atoms. The van der Waals surface area contributed by atoms with Gasteiger partial charge in [-0.1, -0.05) is 48.6 Å². The Morgan fingerprint density at radius 1 is 0.526 bits per heavy atom. The van der Waals surface area contributed by atoms with Gasteiger partial charge in [0.05, 0.1) is 0 Å². The quantitative estimate of drug-likeness (QED) is 0.281. The van der Waals surface area contributed by atoms with E-state index in [1.54, 1.807) is 0 Å². The summed E-state index contributed by atoms with van der Waals surface area (Å²) in [7, 11) is 0. The Morgan fingerprint density at radius 3 is 0.737 bits per heavy atom. The Balaban J connectivity index is 0.000000261. The van der Waals surface area contributed by atoms with Crippen molar-refractivity contribution in [1.82, 2.24) is 0 Å². The smallest absolute Gasteiger partial charge is 0 e. The minimum atomic E-state index is 0. The van der Waals surface area contributed by atoms with Gasteiger partial charge in [-0.3, -0.25) is 0 Å². The van der Waals surface area contributed by atoms with Crippen LogP contribution in [0, 0.1) is 37.0 Å². The van der Waals surface area contributed by atoms with E-state index >= 15 is 0 Å². The minimum absolute atomic E-state index is 0. The monoisotopic (exact) mass is 338 g/mol. The molecule has 0 radical (unpaired) electrons. The molecule has 0 spiro atoms. The fraction of sp³-hybridized carbons (Fsp3) is 0.375. The average molecular weight is 336 g/mol. The Labute approximate surface area is 129 Å². The molecule has 2 nitrogen and oxygen atoms in total. The van der Waals surface area contributed by atoms with Crippen LogP contribution in [0.15, 0.2) is 48.6 Å². The van der Waals surface area contributed by atoms with E-state index in [4.69, 9.17) is 9.30 Å². The summed E-state index contributed by atoms with van der Waals surface area (Å²) < 4.78 is 15.0. The first-order chi connectivity index (χ1) is 8.90. The molecular weight excluding hydrogens is 320 g/mol. The van der Waals surface area contributed by atoms with Crippen molar-refractivity contribution < 1.29 is 30.4 Å². The van der Waals surface area contributed by atoms with Gasteiger partial charge in [0.25, 0.3) is 0 Å². The molecule has 0 saturated carbocycles. The predicted octanol–water partition coefficient (Wildman–Crippen LogP) is 3.42. The van der Waals surface area contributed by atoms with Crippen molar-refractivity contribution in [3.05, 3.63) is 61.9 Å². The molecule has 0 aromatic carbocycles. The van der Waals surface area contributed by atoms with Crippen LogP contribution in [0.25, 0.3) is 0 Å². The molecule has 0 heterocycles. The topological polar surface area (TPSA) is 39.8 Å². The van der Waals surface area contributed by atoms with Gasteiger partial charge in [0, 0.05) is 21.1 Å². The molecule has 4 rings (SSSR count). The van der Waals surface area contributed by atoms with Gasteiger partial charge < -0.3 is 0 Å². The fourth-order valence-corrected chi connectivity index (χ4v) is 2.66. The molecule has 0 fully saturated rings. The van der Waals surface area contributed by atoms with E-state index in [1.165, 1.54) is 12.8 Å². The molecule has 19 heavy (non-hydrogen) atoms. The largest absolute Gasteiger partial charge is 0 e. The SMILES string of the molecule is C1=CC2C=CC1C2.C1=CC2C=CC1C2.[C-]#[O+].[C-]#[O+].[Mo]. The van der Waals surface area contributed by atoms with E-state index in [0.29, 0.717) is 0 Å². The Bertz CT molecular complexity index is 319. The fourth-order valence-electron chi connectivity index (χ4n) is 2.66. The maximum Gasteiger partial charge on any atom is 0 e. The van der Waals surface area contributed by atoms with Crippen LogP contribution in [-0.2, 0) is 30.4 Å².